The molecule has 118 valence electrons. The quantitative estimate of drug-likeness (QED) is 0.819. The van der Waals surface area contributed by atoms with Crippen molar-refractivity contribution in [3.05, 3.63) is 0 Å². The lowest BCUT2D eigenvalue weighted by atomic mass is 9.86. The highest BCUT2D eigenvalue weighted by atomic mass is 35.5. The van der Waals surface area contributed by atoms with Crippen LogP contribution in [0.2, 0.25) is 0 Å². The van der Waals surface area contributed by atoms with Crippen molar-refractivity contribution < 1.29 is 9.53 Å². The molecule has 0 aromatic rings. The SMILES string of the molecule is Cl.NC1CCCC(CNC(=O)CCC2CCCCO2)C1. The van der Waals surface area contributed by atoms with Crippen LogP contribution in [-0.2, 0) is 9.53 Å². The maximum atomic E-state index is 11.8. The molecule has 0 spiro atoms. The molecule has 3 N–H and O–H groups in total. The summed E-state index contributed by atoms with van der Waals surface area (Å²) in [5, 5.41) is 3.06. The summed E-state index contributed by atoms with van der Waals surface area (Å²) in [7, 11) is 0. The first-order valence-corrected chi connectivity index (χ1v) is 7.88. The lowest BCUT2D eigenvalue weighted by Crippen LogP contribution is -2.36. The molecule has 2 fully saturated rings. The zero-order valence-electron chi connectivity index (χ0n) is 12.3. The highest BCUT2D eigenvalue weighted by molar-refractivity contribution is 5.85. The second-order valence-electron chi connectivity index (χ2n) is 6.12. The van der Waals surface area contributed by atoms with Crippen LogP contribution in [0.1, 0.15) is 57.8 Å². The monoisotopic (exact) mass is 304 g/mol. The van der Waals surface area contributed by atoms with Crippen LogP contribution in [0.25, 0.3) is 0 Å². The van der Waals surface area contributed by atoms with E-state index in [0.717, 1.165) is 38.8 Å². The molecule has 1 heterocycles. The second kappa shape index (κ2) is 9.59. The van der Waals surface area contributed by atoms with Crippen molar-refractivity contribution in [1.29, 1.82) is 0 Å². The summed E-state index contributed by atoms with van der Waals surface area (Å²) in [5.41, 5.74) is 5.96. The number of nitrogens with one attached hydrogen (secondary N) is 1. The molecule has 0 bridgehead atoms. The number of ether oxygens (including phenoxy) is 1. The van der Waals surface area contributed by atoms with Crippen LogP contribution in [0.5, 0.6) is 0 Å². The Morgan fingerprint density at radius 2 is 2.05 bits per heavy atom. The Bertz CT molecular complexity index is 283. The van der Waals surface area contributed by atoms with Gasteiger partial charge in [0.15, 0.2) is 0 Å². The van der Waals surface area contributed by atoms with Gasteiger partial charge in [0.2, 0.25) is 5.91 Å². The van der Waals surface area contributed by atoms with Crippen LogP contribution in [-0.4, -0.2) is 31.2 Å². The summed E-state index contributed by atoms with van der Waals surface area (Å²) in [5.74, 6) is 0.756. The fourth-order valence-corrected chi connectivity index (χ4v) is 3.19. The third-order valence-corrected chi connectivity index (χ3v) is 4.38. The summed E-state index contributed by atoms with van der Waals surface area (Å²) in [4.78, 5) is 11.8. The molecular weight excluding hydrogens is 276 g/mol. The highest BCUT2D eigenvalue weighted by Crippen LogP contribution is 2.22. The van der Waals surface area contributed by atoms with E-state index in [2.05, 4.69) is 5.32 Å². The molecule has 0 radical (unpaired) electrons. The Hall–Kier alpha value is -0.320. The van der Waals surface area contributed by atoms with E-state index in [0.29, 0.717) is 24.5 Å². The van der Waals surface area contributed by atoms with Crippen molar-refractivity contribution in [3.63, 3.8) is 0 Å². The van der Waals surface area contributed by atoms with Crippen molar-refractivity contribution in [2.24, 2.45) is 11.7 Å². The average Bonchev–Trinajstić information content (AvgIpc) is 2.44. The Balaban J connectivity index is 0.00000200. The van der Waals surface area contributed by atoms with Crippen LogP contribution in [0.4, 0.5) is 0 Å². The van der Waals surface area contributed by atoms with E-state index in [9.17, 15) is 4.79 Å². The Morgan fingerprint density at radius 3 is 2.75 bits per heavy atom. The molecular formula is C15H29ClN2O2. The number of hydrogen-bond acceptors (Lipinski definition) is 3. The first-order valence-electron chi connectivity index (χ1n) is 7.88. The molecule has 1 saturated heterocycles. The van der Waals surface area contributed by atoms with Crippen LogP contribution < -0.4 is 11.1 Å². The lowest BCUT2D eigenvalue weighted by molar-refractivity contribution is -0.122. The van der Waals surface area contributed by atoms with Crippen LogP contribution in [0, 0.1) is 5.92 Å². The van der Waals surface area contributed by atoms with Gasteiger partial charge in [0.25, 0.3) is 0 Å². The molecule has 3 atom stereocenters. The third kappa shape index (κ3) is 6.42. The van der Waals surface area contributed by atoms with Gasteiger partial charge in [-0.2, -0.15) is 0 Å². The molecule has 5 heteroatoms. The molecule has 0 aromatic carbocycles. The van der Waals surface area contributed by atoms with Crippen molar-refractivity contribution in [1.82, 2.24) is 5.32 Å². The largest absolute Gasteiger partial charge is 0.378 e. The number of nitrogens with two attached hydrogens (primary N) is 1. The topological polar surface area (TPSA) is 64.3 Å². The van der Waals surface area contributed by atoms with E-state index in [4.69, 9.17) is 10.5 Å². The normalized spacial score (nSPS) is 30.4. The first-order chi connectivity index (χ1) is 9.24. The van der Waals surface area contributed by atoms with Crippen molar-refractivity contribution in [2.45, 2.75) is 69.9 Å². The standard InChI is InChI=1S/C15H28N2O2.ClH/c16-13-5-3-4-12(10-13)11-17-15(18)8-7-14-6-1-2-9-19-14;/h12-14H,1-11,16H2,(H,17,18);1H. The summed E-state index contributed by atoms with van der Waals surface area (Å²) >= 11 is 0. The van der Waals surface area contributed by atoms with Crippen molar-refractivity contribution >= 4 is 18.3 Å². The van der Waals surface area contributed by atoms with Gasteiger partial charge in [-0.3, -0.25) is 4.79 Å². The van der Waals surface area contributed by atoms with E-state index in [1.165, 1.54) is 25.7 Å². The lowest BCUT2D eigenvalue weighted by Gasteiger charge is -2.27. The molecule has 1 aliphatic heterocycles. The number of amides is 1. The minimum absolute atomic E-state index is 0. The van der Waals surface area contributed by atoms with Crippen LogP contribution >= 0.6 is 12.4 Å². The van der Waals surface area contributed by atoms with Gasteiger partial charge in [-0.25, -0.2) is 0 Å². The number of rotatable bonds is 5. The van der Waals surface area contributed by atoms with E-state index >= 15 is 0 Å². The molecule has 3 unspecified atom stereocenters. The Morgan fingerprint density at radius 1 is 1.20 bits per heavy atom. The molecule has 1 saturated carbocycles. The number of halogens is 1. The molecule has 2 aliphatic rings. The summed E-state index contributed by atoms with van der Waals surface area (Å²) in [6.07, 6.45) is 9.93. The second-order valence-corrected chi connectivity index (χ2v) is 6.12. The maximum Gasteiger partial charge on any atom is 0.220 e. The van der Waals surface area contributed by atoms with Gasteiger partial charge in [-0.05, 0) is 50.9 Å². The van der Waals surface area contributed by atoms with Gasteiger partial charge in [-0.1, -0.05) is 6.42 Å². The predicted octanol–water partition coefficient (Wildman–Crippen LogP) is 2.39. The Labute approximate surface area is 128 Å². The smallest absolute Gasteiger partial charge is 0.220 e. The fourth-order valence-electron chi connectivity index (χ4n) is 3.19. The fraction of sp³-hybridized carbons (Fsp3) is 0.933. The van der Waals surface area contributed by atoms with E-state index in [-0.39, 0.29) is 18.3 Å². The molecule has 0 aromatic heterocycles. The van der Waals surface area contributed by atoms with Crippen LogP contribution in [0.3, 0.4) is 0 Å². The predicted molar refractivity (Wildman–Crippen MR) is 83.0 cm³/mol. The molecule has 1 aliphatic carbocycles. The molecule has 2 rings (SSSR count). The van der Waals surface area contributed by atoms with Gasteiger partial charge in [0.05, 0.1) is 6.10 Å². The Kier molecular flexibility index (Phi) is 8.50. The summed E-state index contributed by atoms with van der Waals surface area (Å²) in [6.45, 7) is 1.67. The van der Waals surface area contributed by atoms with Crippen molar-refractivity contribution in [3.8, 4) is 0 Å². The van der Waals surface area contributed by atoms with E-state index < -0.39 is 0 Å². The van der Waals surface area contributed by atoms with E-state index in [1.54, 1.807) is 0 Å². The number of carbonyl (C=O) groups is 1. The minimum Gasteiger partial charge on any atom is -0.378 e. The molecule has 4 nitrogen and oxygen atoms in total. The zero-order chi connectivity index (χ0) is 13.5. The number of carbonyl (C=O) groups excluding carboxylic acids is 1. The van der Waals surface area contributed by atoms with Gasteiger partial charge >= 0.3 is 0 Å². The average molecular weight is 305 g/mol. The van der Waals surface area contributed by atoms with Crippen LogP contribution in [0.15, 0.2) is 0 Å². The van der Waals surface area contributed by atoms with Gasteiger partial charge in [-0.15, -0.1) is 12.4 Å². The van der Waals surface area contributed by atoms with Gasteiger partial charge in [0.1, 0.15) is 0 Å². The third-order valence-electron chi connectivity index (χ3n) is 4.38. The van der Waals surface area contributed by atoms with Gasteiger partial charge in [0, 0.05) is 25.6 Å². The zero-order valence-corrected chi connectivity index (χ0v) is 13.1. The molecule has 1 amide bonds. The summed E-state index contributed by atoms with van der Waals surface area (Å²) < 4.78 is 5.64. The minimum atomic E-state index is 0. The highest BCUT2D eigenvalue weighted by Gasteiger charge is 2.20. The van der Waals surface area contributed by atoms with E-state index in [1.807, 2.05) is 0 Å². The number of hydrogen-bond donors (Lipinski definition) is 2. The first kappa shape index (κ1) is 17.7. The maximum absolute atomic E-state index is 11.8. The molecule has 20 heavy (non-hydrogen) atoms. The summed E-state index contributed by atoms with van der Waals surface area (Å²) in [6, 6.07) is 0.339. The van der Waals surface area contributed by atoms with Gasteiger partial charge < -0.3 is 15.8 Å². The van der Waals surface area contributed by atoms with Crippen molar-refractivity contribution in [2.75, 3.05) is 13.2 Å².